The summed E-state index contributed by atoms with van der Waals surface area (Å²) in [5.74, 6) is 0. The number of ether oxygens (including phenoxy) is 1. The fourth-order valence-corrected chi connectivity index (χ4v) is 0.583. The molecule has 0 atom stereocenters. The minimum atomic E-state index is -2.53. The van der Waals surface area contributed by atoms with Crippen molar-refractivity contribution >= 4 is 0 Å². The molecule has 0 unspecified atom stereocenters. The molecule has 0 radical (unpaired) electrons. The van der Waals surface area contributed by atoms with Gasteiger partial charge in [0.05, 0.1) is 5.69 Å². The topological polar surface area (TPSA) is 61.3 Å². The van der Waals surface area contributed by atoms with Gasteiger partial charge in [-0.25, -0.2) is 8.78 Å². The predicted molar refractivity (Wildman–Crippen MR) is 35.9 cm³/mol. The zero-order valence-corrected chi connectivity index (χ0v) is 6.17. The monoisotopic (exact) mass is 178 g/mol. The summed E-state index contributed by atoms with van der Waals surface area (Å²) < 4.78 is 32.3. The van der Waals surface area contributed by atoms with Crippen LogP contribution in [0.2, 0.25) is 0 Å². The lowest BCUT2D eigenvalue weighted by Crippen LogP contribution is -2.07. The number of nitrogens with zero attached hydrogens (tertiary/aromatic N) is 1. The lowest BCUT2D eigenvalue weighted by molar-refractivity contribution is 0.0658. The standard InChI is InChI=1S/C6H8F2N2O2/c7-5(8)3-12-6-10-4(1-9)2-11-6/h2,5H,1,3,9H2. The molecule has 0 bridgehead atoms. The lowest BCUT2D eigenvalue weighted by atomic mass is 10.5. The predicted octanol–water partition coefficient (Wildman–Crippen LogP) is 0.777. The van der Waals surface area contributed by atoms with Crippen LogP contribution in [-0.4, -0.2) is 18.0 Å². The molecule has 0 aliphatic carbocycles. The first-order chi connectivity index (χ1) is 5.72. The van der Waals surface area contributed by atoms with Crippen molar-refractivity contribution in [2.75, 3.05) is 6.61 Å². The summed E-state index contributed by atoms with van der Waals surface area (Å²) in [7, 11) is 0. The average molecular weight is 178 g/mol. The van der Waals surface area contributed by atoms with E-state index in [1.54, 1.807) is 0 Å². The second-order valence-corrected chi connectivity index (χ2v) is 2.01. The molecule has 1 aromatic heterocycles. The van der Waals surface area contributed by atoms with Gasteiger partial charge in [0.15, 0.2) is 6.61 Å². The number of nitrogens with two attached hydrogens (primary N) is 1. The third-order valence-corrected chi connectivity index (χ3v) is 1.07. The van der Waals surface area contributed by atoms with E-state index in [0.717, 1.165) is 0 Å². The Morgan fingerprint density at radius 3 is 2.92 bits per heavy atom. The van der Waals surface area contributed by atoms with Crippen LogP contribution in [0, 0.1) is 0 Å². The minimum absolute atomic E-state index is 0.171. The Kier molecular flexibility index (Phi) is 2.98. The Balaban J connectivity index is 2.41. The summed E-state index contributed by atoms with van der Waals surface area (Å²) >= 11 is 0. The highest BCUT2D eigenvalue weighted by Crippen LogP contribution is 2.10. The van der Waals surface area contributed by atoms with Crippen LogP contribution in [0.4, 0.5) is 8.78 Å². The molecule has 0 aromatic carbocycles. The minimum Gasteiger partial charge on any atom is -0.444 e. The molecule has 0 amide bonds. The Labute approximate surface area is 67.3 Å². The molecule has 0 aliphatic heterocycles. The fraction of sp³-hybridized carbons (Fsp3) is 0.500. The van der Waals surface area contributed by atoms with Gasteiger partial charge >= 0.3 is 6.08 Å². The van der Waals surface area contributed by atoms with Gasteiger partial charge in [0.2, 0.25) is 0 Å². The molecule has 1 rings (SSSR count). The van der Waals surface area contributed by atoms with Gasteiger partial charge in [0.1, 0.15) is 6.26 Å². The molecule has 6 heteroatoms. The van der Waals surface area contributed by atoms with Gasteiger partial charge in [-0.1, -0.05) is 0 Å². The van der Waals surface area contributed by atoms with Crippen LogP contribution >= 0.6 is 0 Å². The number of halogens is 2. The first kappa shape index (κ1) is 8.92. The van der Waals surface area contributed by atoms with E-state index in [1.807, 2.05) is 0 Å². The van der Waals surface area contributed by atoms with Crippen LogP contribution < -0.4 is 10.5 Å². The van der Waals surface area contributed by atoms with Crippen molar-refractivity contribution < 1.29 is 17.9 Å². The highest BCUT2D eigenvalue weighted by molar-refractivity contribution is 4.98. The Morgan fingerprint density at radius 1 is 1.67 bits per heavy atom. The molecule has 0 aliphatic rings. The second-order valence-electron chi connectivity index (χ2n) is 2.01. The summed E-state index contributed by atoms with van der Waals surface area (Å²) in [6, 6.07) is 0. The number of hydrogen-bond acceptors (Lipinski definition) is 4. The summed E-state index contributed by atoms with van der Waals surface area (Å²) in [5, 5.41) is 0. The molecule has 4 nitrogen and oxygen atoms in total. The maximum absolute atomic E-state index is 11.6. The lowest BCUT2D eigenvalue weighted by Gasteiger charge is -1.97. The van der Waals surface area contributed by atoms with Gasteiger partial charge in [-0.3, -0.25) is 0 Å². The van der Waals surface area contributed by atoms with E-state index in [2.05, 4.69) is 14.1 Å². The SMILES string of the molecule is NCc1coc(OCC(F)F)n1. The van der Waals surface area contributed by atoms with E-state index in [-0.39, 0.29) is 12.6 Å². The van der Waals surface area contributed by atoms with Crippen molar-refractivity contribution in [3.8, 4) is 6.08 Å². The van der Waals surface area contributed by atoms with E-state index in [1.165, 1.54) is 6.26 Å². The first-order valence-electron chi connectivity index (χ1n) is 3.28. The number of hydrogen-bond donors (Lipinski definition) is 1. The van der Waals surface area contributed by atoms with E-state index in [9.17, 15) is 8.78 Å². The normalized spacial score (nSPS) is 10.7. The maximum Gasteiger partial charge on any atom is 0.393 e. The highest BCUT2D eigenvalue weighted by atomic mass is 19.3. The molecule has 1 aromatic rings. The van der Waals surface area contributed by atoms with Crippen LogP contribution in [0.3, 0.4) is 0 Å². The third-order valence-electron chi connectivity index (χ3n) is 1.07. The Hall–Kier alpha value is -1.17. The van der Waals surface area contributed by atoms with Crippen molar-refractivity contribution in [1.82, 2.24) is 4.98 Å². The highest BCUT2D eigenvalue weighted by Gasteiger charge is 2.07. The summed E-state index contributed by atoms with van der Waals surface area (Å²) in [5.41, 5.74) is 5.66. The van der Waals surface area contributed by atoms with Crippen molar-refractivity contribution in [2.45, 2.75) is 13.0 Å². The van der Waals surface area contributed by atoms with Crippen molar-refractivity contribution in [3.63, 3.8) is 0 Å². The van der Waals surface area contributed by atoms with Gasteiger partial charge in [-0.15, -0.1) is 0 Å². The molecule has 0 spiro atoms. The maximum atomic E-state index is 11.6. The van der Waals surface area contributed by atoms with Gasteiger partial charge in [-0.2, -0.15) is 4.98 Å². The Morgan fingerprint density at radius 2 is 2.42 bits per heavy atom. The molecule has 0 fully saturated rings. The first-order valence-corrected chi connectivity index (χ1v) is 3.28. The van der Waals surface area contributed by atoms with Crippen LogP contribution in [0.15, 0.2) is 10.7 Å². The van der Waals surface area contributed by atoms with Crippen molar-refractivity contribution in [1.29, 1.82) is 0 Å². The van der Waals surface area contributed by atoms with Gasteiger partial charge in [0, 0.05) is 6.54 Å². The summed E-state index contributed by atoms with van der Waals surface area (Å²) in [6.45, 7) is -0.522. The van der Waals surface area contributed by atoms with Gasteiger partial charge in [-0.05, 0) is 0 Å². The van der Waals surface area contributed by atoms with E-state index in [0.29, 0.717) is 5.69 Å². The second kappa shape index (κ2) is 4.01. The smallest absolute Gasteiger partial charge is 0.393 e. The van der Waals surface area contributed by atoms with Gasteiger partial charge < -0.3 is 14.9 Å². The van der Waals surface area contributed by atoms with Crippen LogP contribution in [0.1, 0.15) is 5.69 Å². The molecule has 68 valence electrons. The third kappa shape index (κ3) is 2.46. The van der Waals surface area contributed by atoms with Crippen molar-refractivity contribution in [3.05, 3.63) is 12.0 Å². The number of oxazole rings is 1. The molecule has 0 saturated heterocycles. The molecule has 0 saturated carbocycles. The van der Waals surface area contributed by atoms with Crippen LogP contribution in [-0.2, 0) is 6.54 Å². The molecule has 1 heterocycles. The number of aromatic nitrogens is 1. The van der Waals surface area contributed by atoms with E-state index in [4.69, 9.17) is 5.73 Å². The van der Waals surface area contributed by atoms with Crippen LogP contribution in [0.5, 0.6) is 6.08 Å². The fourth-order valence-electron chi connectivity index (χ4n) is 0.583. The summed E-state index contributed by atoms with van der Waals surface area (Å²) in [4.78, 5) is 3.65. The van der Waals surface area contributed by atoms with Crippen molar-refractivity contribution in [2.24, 2.45) is 5.73 Å². The Bertz CT molecular complexity index is 239. The molecule has 2 N–H and O–H groups in total. The largest absolute Gasteiger partial charge is 0.444 e. The molecular weight excluding hydrogens is 170 g/mol. The zero-order valence-electron chi connectivity index (χ0n) is 6.17. The molecular formula is C6H8F2N2O2. The summed E-state index contributed by atoms with van der Waals surface area (Å²) in [6.07, 6.45) is -1.44. The zero-order chi connectivity index (χ0) is 8.97. The van der Waals surface area contributed by atoms with Gasteiger partial charge in [0.25, 0.3) is 6.43 Å². The van der Waals surface area contributed by atoms with E-state index < -0.39 is 13.0 Å². The number of alkyl halides is 2. The van der Waals surface area contributed by atoms with E-state index >= 15 is 0 Å². The average Bonchev–Trinajstić information content (AvgIpc) is 2.48. The quantitative estimate of drug-likeness (QED) is 0.739. The number of rotatable bonds is 4. The molecule has 12 heavy (non-hydrogen) atoms. The van der Waals surface area contributed by atoms with Crippen LogP contribution in [0.25, 0.3) is 0 Å².